The van der Waals surface area contributed by atoms with Crippen LogP contribution < -0.4 is 0 Å². The van der Waals surface area contributed by atoms with Crippen molar-refractivity contribution in [2.45, 2.75) is 216 Å². The summed E-state index contributed by atoms with van der Waals surface area (Å²) < 4.78 is 50.0. The normalized spacial score (nSPS) is 60.1. The molecular formula is C45H74O17. The molecule has 17 nitrogen and oxygen atoms in total. The van der Waals surface area contributed by atoms with Crippen molar-refractivity contribution in [1.82, 2.24) is 0 Å². The number of aliphatic hydroxyl groups excluding tert-OH is 9. The molecule has 9 N–H and O–H groups in total. The molecule has 0 amide bonds. The van der Waals surface area contributed by atoms with Crippen LogP contribution in [0.4, 0.5) is 0 Å². The third-order valence-electron chi connectivity index (χ3n) is 18.2. The fraction of sp³-hybridized carbons (Fsp3) is 1.00. The van der Waals surface area contributed by atoms with Crippen molar-refractivity contribution in [1.29, 1.82) is 0 Å². The second-order valence-electron chi connectivity index (χ2n) is 21.6. The summed E-state index contributed by atoms with van der Waals surface area (Å²) in [4.78, 5) is 0. The van der Waals surface area contributed by atoms with E-state index in [0.717, 1.165) is 45.1 Å². The summed E-state index contributed by atoms with van der Waals surface area (Å²) in [6.45, 7) is 12.5. The Morgan fingerprint density at radius 3 is 1.82 bits per heavy atom. The average molecular weight is 887 g/mol. The number of hydrogen-bond acceptors (Lipinski definition) is 17. The van der Waals surface area contributed by atoms with Crippen LogP contribution in [0.1, 0.15) is 99.3 Å². The molecule has 356 valence electrons. The molecule has 5 heterocycles. The van der Waals surface area contributed by atoms with Crippen molar-refractivity contribution in [2.24, 2.45) is 52.3 Å². The van der Waals surface area contributed by atoms with Crippen molar-refractivity contribution in [3.8, 4) is 0 Å². The fourth-order valence-corrected chi connectivity index (χ4v) is 14.6. The number of ether oxygens (including phenoxy) is 8. The summed E-state index contributed by atoms with van der Waals surface area (Å²) in [5.41, 5.74) is -0.0539. The highest BCUT2D eigenvalue weighted by Crippen LogP contribution is 2.71. The first-order chi connectivity index (χ1) is 29.3. The Labute approximate surface area is 364 Å². The summed E-state index contributed by atoms with van der Waals surface area (Å²) in [6.07, 6.45) is -14.9. The zero-order valence-corrected chi connectivity index (χ0v) is 37.0. The predicted octanol–water partition coefficient (Wildman–Crippen LogP) is 0.292. The molecule has 4 saturated carbocycles. The Morgan fingerprint density at radius 1 is 0.581 bits per heavy atom. The molecule has 0 aromatic carbocycles. The van der Waals surface area contributed by atoms with E-state index in [1.165, 1.54) is 13.8 Å². The minimum Gasteiger partial charge on any atom is -0.394 e. The maximum absolute atomic E-state index is 12.2. The highest BCUT2D eigenvalue weighted by molar-refractivity contribution is 5.16. The van der Waals surface area contributed by atoms with Gasteiger partial charge in [-0.2, -0.15) is 0 Å². The third-order valence-corrected chi connectivity index (χ3v) is 18.2. The molecule has 0 radical (unpaired) electrons. The summed E-state index contributed by atoms with van der Waals surface area (Å²) in [5, 5.41) is 98.1. The second kappa shape index (κ2) is 17.1. The smallest absolute Gasteiger partial charge is 0.187 e. The molecular weight excluding hydrogens is 812 g/mol. The largest absolute Gasteiger partial charge is 0.394 e. The second-order valence-corrected chi connectivity index (χ2v) is 21.6. The maximum atomic E-state index is 12.2. The molecule has 5 saturated heterocycles. The summed E-state index contributed by atoms with van der Waals surface area (Å²) in [6, 6.07) is 0. The molecule has 0 aromatic heterocycles. The van der Waals surface area contributed by atoms with E-state index >= 15 is 0 Å². The van der Waals surface area contributed by atoms with Crippen molar-refractivity contribution in [3.63, 3.8) is 0 Å². The molecule has 28 atom stereocenters. The van der Waals surface area contributed by atoms with Gasteiger partial charge in [0.2, 0.25) is 0 Å². The molecule has 5 aliphatic heterocycles. The number of fused-ring (bicyclic) bond motifs is 7. The minimum atomic E-state index is -1.73. The van der Waals surface area contributed by atoms with Crippen LogP contribution >= 0.6 is 0 Å². The standard InChI is InChI=1S/C45H74O17/c1-18-7-12-45(55-17-18)19(2)30-28(62-45)15-25-23-14-27(47)26-13-22(8-10-43(26,5)24(23)9-11-44(25,30)6)58-42-39(61-41-36(53)34(51)32(49)21(4)57-41)37(54)38(29(16-46)59-42)60-40-35(52)33(50)31(48)20(3)56-40/h18-42,46-54H,7-17H2,1-6H3/t18-,19+,20+,21+,22+,23?,24?,25?,26?,27+,28?,29-,30?,31+,32+,33-,34-,35-,36-,37+,38-,39-,40+,41+,42-,43-,44+,45-/m1/s1. The molecule has 17 heteroatoms. The van der Waals surface area contributed by atoms with E-state index < -0.39 is 117 Å². The molecule has 4 aliphatic carbocycles. The third kappa shape index (κ3) is 7.47. The fourth-order valence-electron chi connectivity index (χ4n) is 14.6. The Bertz CT molecular complexity index is 1570. The van der Waals surface area contributed by atoms with Gasteiger partial charge < -0.3 is 83.9 Å². The molecule has 62 heavy (non-hydrogen) atoms. The SMILES string of the molecule is C[C@@H]1CC[C@@]2(OC1)OC1CC3C4C[C@H](O)C5C[C@@H](O[C@@H]6O[C@H](CO)[C@@H](O[C@@H]7O[C@@H](C)[C@H](O)[C@@H](O)[C@H]7O)[C@H](O)[C@H]6O[C@@H]6O[C@@H](C)[C@H](O)[C@@H](O)[C@H]6O)CC[C@]5(C)C4CC[C@]3(C)C1[C@@H]2C. The first-order valence-corrected chi connectivity index (χ1v) is 23.6. The Hall–Kier alpha value is -0.680. The van der Waals surface area contributed by atoms with Crippen LogP contribution in [-0.2, 0) is 37.9 Å². The van der Waals surface area contributed by atoms with Crippen LogP contribution in [0.2, 0.25) is 0 Å². The van der Waals surface area contributed by atoms with Gasteiger partial charge in [0.25, 0.3) is 0 Å². The minimum absolute atomic E-state index is 0.0869. The van der Waals surface area contributed by atoms with E-state index in [0.29, 0.717) is 54.8 Å². The van der Waals surface area contributed by atoms with E-state index in [4.69, 9.17) is 37.9 Å². The van der Waals surface area contributed by atoms with Gasteiger partial charge in [-0.25, -0.2) is 0 Å². The van der Waals surface area contributed by atoms with E-state index in [9.17, 15) is 46.0 Å². The molecule has 0 aromatic rings. The van der Waals surface area contributed by atoms with Gasteiger partial charge in [0.05, 0.1) is 43.7 Å². The van der Waals surface area contributed by atoms with Gasteiger partial charge in [-0.05, 0) is 112 Å². The molecule has 9 fully saturated rings. The van der Waals surface area contributed by atoms with Gasteiger partial charge in [-0.1, -0.05) is 27.7 Å². The van der Waals surface area contributed by atoms with Crippen LogP contribution in [0.5, 0.6) is 0 Å². The Kier molecular flexibility index (Phi) is 12.8. The van der Waals surface area contributed by atoms with Gasteiger partial charge in [-0.3, -0.25) is 0 Å². The number of hydrogen-bond donors (Lipinski definition) is 9. The Balaban J connectivity index is 0.913. The quantitative estimate of drug-likeness (QED) is 0.156. The van der Waals surface area contributed by atoms with Crippen LogP contribution in [0.15, 0.2) is 0 Å². The lowest BCUT2D eigenvalue weighted by Crippen LogP contribution is -2.66. The van der Waals surface area contributed by atoms with Gasteiger partial charge in [0.1, 0.15) is 61.0 Å². The molecule has 0 bridgehead atoms. The van der Waals surface area contributed by atoms with Crippen molar-refractivity contribution in [2.75, 3.05) is 13.2 Å². The van der Waals surface area contributed by atoms with Crippen LogP contribution in [0.25, 0.3) is 0 Å². The summed E-state index contributed by atoms with van der Waals surface area (Å²) in [5.74, 6) is 1.92. The summed E-state index contributed by atoms with van der Waals surface area (Å²) >= 11 is 0. The zero-order chi connectivity index (χ0) is 44.4. The maximum Gasteiger partial charge on any atom is 0.187 e. The molecule has 1 spiro atoms. The first-order valence-electron chi connectivity index (χ1n) is 23.6. The lowest BCUT2D eigenvalue weighted by molar-refractivity contribution is -0.389. The van der Waals surface area contributed by atoms with E-state index in [2.05, 4.69) is 27.7 Å². The lowest BCUT2D eigenvalue weighted by atomic mass is 9.43. The zero-order valence-electron chi connectivity index (χ0n) is 37.0. The number of aliphatic hydroxyl groups is 9. The van der Waals surface area contributed by atoms with Gasteiger partial charge in [-0.15, -0.1) is 0 Å². The number of rotatable bonds is 7. The molecule has 9 aliphatic rings. The average Bonchev–Trinajstić information content (AvgIpc) is 3.69. The van der Waals surface area contributed by atoms with Gasteiger partial charge in [0, 0.05) is 12.3 Å². The van der Waals surface area contributed by atoms with Crippen LogP contribution in [-0.4, -0.2) is 175 Å². The van der Waals surface area contributed by atoms with E-state index in [1.807, 2.05) is 0 Å². The van der Waals surface area contributed by atoms with Crippen molar-refractivity contribution < 1.29 is 83.9 Å². The highest BCUT2D eigenvalue weighted by Gasteiger charge is 2.70. The van der Waals surface area contributed by atoms with Crippen molar-refractivity contribution >= 4 is 0 Å². The Morgan fingerprint density at radius 2 is 1.21 bits per heavy atom. The predicted molar refractivity (Wildman–Crippen MR) is 214 cm³/mol. The van der Waals surface area contributed by atoms with E-state index in [-0.39, 0.29) is 22.9 Å². The topological polar surface area (TPSA) is 256 Å². The lowest BCUT2D eigenvalue weighted by Gasteiger charge is -2.62. The highest BCUT2D eigenvalue weighted by atomic mass is 16.8. The molecule has 9 rings (SSSR count). The van der Waals surface area contributed by atoms with Crippen LogP contribution in [0.3, 0.4) is 0 Å². The monoisotopic (exact) mass is 886 g/mol. The first kappa shape index (κ1) is 46.4. The summed E-state index contributed by atoms with van der Waals surface area (Å²) in [7, 11) is 0. The van der Waals surface area contributed by atoms with Crippen LogP contribution in [0, 0.1) is 52.3 Å². The molecule has 6 unspecified atom stereocenters. The van der Waals surface area contributed by atoms with Gasteiger partial charge >= 0.3 is 0 Å². The van der Waals surface area contributed by atoms with E-state index in [1.54, 1.807) is 0 Å². The van der Waals surface area contributed by atoms with Crippen molar-refractivity contribution in [3.05, 3.63) is 0 Å². The van der Waals surface area contributed by atoms with Gasteiger partial charge in [0.15, 0.2) is 24.7 Å².